The summed E-state index contributed by atoms with van der Waals surface area (Å²) in [6.07, 6.45) is 0. The first-order valence-corrected chi connectivity index (χ1v) is 7.74. The Morgan fingerprint density at radius 3 is 2.05 bits per heavy atom. The van der Waals surface area contributed by atoms with Gasteiger partial charge < -0.3 is 10.5 Å². The molecule has 0 heterocycles. The van der Waals surface area contributed by atoms with Crippen molar-refractivity contribution in [2.24, 2.45) is 10.7 Å². The number of thioether (sulfide) groups is 1. The van der Waals surface area contributed by atoms with Crippen LogP contribution in [0.15, 0.2) is 65.7 Å². The van der Waals surface area contributed by atoms with Gasteiger partial charge in [-0.1, -0.05) is 72.4 Å². The van der Waals surface area contributed by atoms with Crippen LogP contribution in [0.3, 0.4) is 0 Å². The number of aliphatic imine (C=N–C) groups is 1. The average Bonchev–Trinajstić information content (AvgIpc) is 2.54. The maximum absolute atomic E-state index is 6.05. The number of rotatable bonds is 6. The molecule has 0 unspecified atom stereocenters. The van der Waals surface area contributed by atoms with Crippen LogP contribution in [0.4, 0.5) is 0 Å². The highest BCUT2D eigenvalue weighted by atomic mass is 32.2. The maximum atomic E-state index is 6.05. The Balaban J connectivity index is 2.19. The van der Waals surface area contributed by atoms with E-state index < -0.39 is 0 Å². The van der Waals surface area contributed by atoms with Gasteiger partial charge in [0.05, 0.1) is 18.4 Å². The summed E-state index contributed by atoms with van der Waals surface area (Å²) in [6.45, 7) is 1.17. The number of hydrogen-bond donors (Lipinski definition) is 1. The number of methoxy groups -OCH3 is 1. The number of amidine groups is 1. The van der Waals surface area contributed by atoms with E-state index in [9.17, 15) is 0 Å². The second-order valence-electron chi connectivity index (χ2n) is 4.53. The van der Waals surface area contributed by atoms with Gasteiger partial charge in [-0.25, -0.2) is 0 Å². The summed E-state index contributed by atoms with van der Waals surface area (Å²) in [5.41, 5.74) is 8.49. The Kier molecular flexibility index (Phi) is 6.31. The van der Waals surface area contributed by atoms with Gasteiger partial charge in [0.2, 0.25) is 0 Å². The molecule has 110 valence electrons. The molecule has 0 saturated carbocycles. The molecule has 0 amide bonds. The predicted octanol–water partition coefficient (Wildman–Crippen LogP) is 3.47. The normalized spacial score (nSPS) is 11.8. The van der Waals surface area contributed by atoms with Crippen LogP contribution in [0, 0.1) is 0 Å². The highest BCUT2D eigenvalue weighted by Gasteiger charge is 2.16. The van der Waals surface area contributed by atoms with Gasteiger partial charge in [0.25, 0.3) is 0 Å². The molecular formula is C17H20N2OS. The summed E-state index contributed by atoms with van der Waals surface area (Å²) in [5.74, 6) is 0. The molecule has 0 spiro atoms. The Morgan fingerprint density at radius 1 is 1.05 bits per heavy atom. The van der Waals surface area contributed by atoms with Gasteiger partial charge in [-0.05, 0) is 11.1 Å². The molecule has 2 aromatic carbocycles. The number of nitrogens with two attached hydrogens (primary N) is 1. The van der Waals surface area contributed by atoms with Crippen molar-refractivity contribution in [1.29, 1.82) is 0 Å². The summed E-state index contributed by atoms with van der Waals surface area (Å²) in [7, 11) is 1.66. The van der Waals surface area contributed by atoms with E-state index in [0.717, 1.165) is 0 Å². The molecule has 0 aliphatic carbocycles. The van der Waals surface area contributed by atoms with Crippen molar-refractivity contribution >= 4 is 16.9 Å². The van der Waals surface area contributed by atoms with Gasteiger partial charge in [0.1, 0.15) is 0 Å². The van der Waals surface area contributed by atoms with Crippen LogP contribution in [0.5, 0.6) is 0 Å². The summed E-state index contributed by atoms with van der Waals surface area (Å²) in [4.78, 5) is 4.34. The van der Waals surface area contributed by atoms with Gasteiger partial charge >= 0.3 is 0 Å². The van der Waals surface area contributed by atoms with Gasteiger partial charge in [-0.2, -0.15) is 0 Å². The number of hydrogen-bond acceptors (Lipinski definition) is 3. The second-order valence-corrected chi connectivity index (χ2v) is 5.66. The number of nitrogens with zero attached hydrogens (tertiary/aromatic N) is 1. The maximum Gasteiger partial charge on any atom is 0.154 e. The topological polar surface area (TPSA) is 47.6 Å². The highest BCUT2D eigenvalue weighted by molar-refractivity contribution is 8.14. The zero-order chi connectivity index (χ0) is 14.9. The van der Waals surface area contributed by atoms with E-state index in [-0.39, 0.29) is 5.25 Å². The van der Waals surface area contributed by atoms with E-state index in [2.05, 4.69) is 29.3 Å². The van der Waals surface area contributed by atoms with Gasteiger partial charge in [0, 0.05) is 7.11 Å². The van der Waals surface area contributed by atoms with Crippen molar-refractivity contribution in [3.8, 4) is 0 Å². The van der Waals surface area contributed by atoms with E-state index in [1.165, 1.54) is 11.1 Å². The molecule has 0 aliphatic heterocycles. The van der Waals surface area contributed by atoms with Crippen molar-refractivity contribution < 1.29 is 4.74 Å². The summed E-state index contributed by atoms with van der Waals surface area (Å²) in [6, 6.07) is 20.7. The van der Waals surface area contributed by atoms with Crippen molar-refractivity contribution in [2.75, 3.05) is 20.3 Å². The van der Waals surface area contributed by atoms with E-state index in [0.29, 0.717) is 18.3 Å². The summed E-state index contributed by atoms with van der Waals surface area (Å²) in [5, 5.41) is 0.739. The van der Waals surface area contributed by atoms with Crippen molar-refractivity contribution in [2.45, 2.75) is 5.25 Å². The fourth-order valence-electron chi connectivity index (χ4n) is 1.99. The molecule has 3 nitrogen and oxygen atoms in total. The van der Waals surface area contributed by atoms with Crippen molar-refractivity contribution in [3.63, 3.8) is 0 Å². The first kappa shape index (κ1) is 15.6. The smallest absolute Gasteiger partial charge is 0.154 e. The molecule has 0 bridgehead atoms. The zero-order valence-electron chi connectivity index (χ0n) is 12.1. The molecule has 0 aromatic heterocycles. The van der Waals surface area contributed by atoms with Crippen LogP contribution >= 0.6 is 11.8 Å². The monoisotopic (exact) mass is 300 g/mol. The first-order chi connectivity index (χ1) is 10.3. The van der Waals surface area contributed by atoms with Crippen LogP contribution in [0.25, 0.3) is 0 Å². The first-order valence-electron chi connectivity index (χ1n) is 6.86. The molecular weight excluding hydrogens is 280 g/mol. The van der Waals surface area contributed by atoms with Crippen LogP contribution in [0.1, 0.15) is 16.4 Å². The minimum absolute atomic E-state index is 0.152. The number of ether oxygens (including phenoxy) is 1. The quantitative estimate of drug-likeness (QED) is 0.505. The fourth-order valence-corrected chi connectivity index (χ4v) is 2.98. The molecule has 0 atom stereocenters. The lowest BCUT2D eigenvalue weighted by molar-refractivity contribution is 0.208. The molecule has 4 heteroatoms. The molecule has 0 radical (unpaired) electrons. The SMILES string of the molecule is COCCN=C(N)SC(c1ccccc1)c1ccccc1. The van der Waals surface area contributed by atoms with Crippen LogP contribution in [0.2, 0.25) is 0 Å². The Bertz CT molecular complexity index is 518. The Morgan fingerprint density at radius 2 is 1.57 bits per heavy atom. The lowest BCUT2D eigenvalue weighted by Crippen LogP contribution is -2.12. The van der Waals surface area contributed by atoms with Gasteiger partial charge in [0.15, 0.2) is 5.17 Å². The Hall–Kier alpha value is -1.78. The third-order valence-electron chi connectivity index (χ3n) is 3.01. The molecule has 0 aliphatic rings. The second kappa shape index (κ2) is 8.49. The van der Waals surface area contributed by atoms with Crippen molar-refractivity contribution in [3.05, 3.63) is 71.8 Å². The predicted molar refractivity (Wildman–Crippen MR) is 90.7 cm³/mol. The minimum atomic E-state index is 0.152. The van der Waals surface area contributed by atoms with Gasteiger partial charge in [-0.3, -0.25) is 4.99 Å². The van der Waals surface area contributed by atoms with E-state index in [1.807, 2.05) is 36.4 Å². The number of benzene rings is 2. The minimum Gasteiger partial charge on any atom is -0.383 e. The molecule has 2 rings (SSSR count). The highest BCUT2D eigenvalue weighted by Crippen LogP contribution is 2.35. The molecule has 0 saturated heterocycles. The third-order valence-corrected chi connectivity index (χ3v) is 4.16. The molecule has 21 heavy (non-hydrogen) atoms. The van der Waals surface area contributed by atoms with Crippen LogP contribution < -0.4 is 5.73 Å². The summed E-state index contributed by atoms with van der Waals surface area (Å²) < 4.78 is 4.99. The molecule has 2 N–H and O–H groups in total. The van der Waals surface area contributed by atoms with Crippen LogP contribution in [-0.2, 0) is 4.74 Å². The van der Waals surface area contributed by atoms with Crippen molar-refractivity contribution in [1.82, 2.24) is 0 Å². The fraction of sp³-hybridized carbons (Fsp3) is 0.235. The van der Waals surface area contributed by atoms with E-state index >= 15 is 0 Å². The van der Waals surface area contributed by atoms with Crippen LogP contribution in [-0.4, -0.2) is 25.4 Å². The van der Waals surface area contributed by atoms with Gasteiger partial charge in [-0.15, -0.1) is 0 Å². The lowest BCUT2D eigenvalue weighted by Gasteiger charge is -2.17. The van der Waals surface area contributed by atoms with E-state index in [1.54, 1.807) is 18.9 Å². The Labute approximate surface area is 130 Å². The lowest BCUT2D eigenvalue weighted by atomic mass is 10.0. The molecule has 2 aromatic rings. The standard InChI is InChI=1S/C17H20N2OS/c1-20-13-12-19-17(18)21-16(14-8-4-2-5-9-14)15-10-6-3-7-11-15/h2-11,16H,12-13H2,1H3,(H2,18,19). The molecule has 0 fully saturated rings. The largest absolute Gasteiger partial charge is 0.383 e. The zero-order valence-corrected chi connectivity index (χ0v) is 12.9. The summed E-state index contributed by atoms with van der Waals surface area (Å²) >= 11 is 1.57. The average molecular weight is 300 g/mol. The van der Waals surface area contributed by atoms with E-state index in [4.69, 9.17) is 10.5 Å². The third kappa shape index (κ3) is 4.92.